The van der Waals surface area contributed by atoms with E-state index in [1.165, 1.54) is 72.3 Å². The molecule has 1 aliphatic rings. The lowest BCUT2D eigenvalue weighted by Gasteiger charge is -2.29. The van der Waals surface area contributed by atoms with Crippen LogP contribution >= 0.6 is 0 Å². The standard InChI is InChI=1S/C57H43N/c1-4-14-42(15-5-1)45-27-24-41(25-28-45)26-38-54-52-21-10-11-22-53(52)55-39-37-50(40-56(54)55)58(49-35-33-47(34-36-49)44-18-8-3-9-19-44)57-23-13-12-20-51(57)48-31-29-46(30-32-48)43-16-6-2-7-17-43/h1-25,27-37,39-40,54H,26,38H2. The molecule has 1 nitrogen and oxygen atoms in total. The number of nitrogens with zero attached hydrogens (tertiary/aromatic N) is 1. The molecule has 1 atom stereocenters. The predicted octanol–water partition coefficient (Wildman–Crippen LogP) is 15.6. The highest BCUT2D eigenvalue weighted by molar-refractivity contribution is 5.91. The molecule has 1 unspecified atom stereocenters. The van der Waals surface area contributed by atoms with E-state index in [9.17, 15) is 0 Å². The van der Waals surface area contributed by atoms with E-state index >= 15 is 0 Å². The number of hydrogen-bond acceptors (Lipinski definition) is 1. The third-order valence-corrected chi connectivity index (χ3v) is 11.8. The zero-order chi connectivity index (χ0) is 38.7. The van der Waals surface area contributed by atoms with E-state index in [0.717, 1.165) is 29.9 Å². The minimum atomic E-state index is 0.294. The normalized spacial score (nSPS) is 12.8. The van der Waals surface area contributed by atoms with Crippen molar-refractivity contribution in [2.24, 2.45) is 0 Å². The van der Waals surface area contributed by atoms with Gasteiger partial charge < -0.3 is 4.90 Å². The summed E-state index contributed by atoms with van der Waals surface area (Å²) in [6, 6.07) is 84.2. The Morgan fingerprint density at radius 1 is 0.310 bits per heavy atom. The first-order valence-corrected chi connectivity index (χ1v) is 20.3. The molecule has 0 N–H and O–H groups in total. The summed E-state index contributed by atoms with van der Waals surface area (Å²) in [5, 5.41) is 0. The van der Waals surface area contributed by atoms with Crippen molar-refractivity contribution in [3.63, 3.8) is 0 Å². The maximum absolute atomic E-state index is 2.47. The van der Waals surface area contributed by atoms with Crippen molar-refractivity contribution in [2.75, 3.05) is 4.90 Å². The van der Waals surface area contributed by atoms with Crippen LogP contribution in [-0.2, 0) is 6.42 Å². The van der Waals surface area contributed by atoms with Crippen molar-refractivity contribution in [3.05, 3.63) is 247 Å². The molecule has 58 heavy (non-hydrogen) atoms. The second kappa shape index (κ2) is 15.7. The maximum Gasteiger partial charge on any atom is 0.0540 e. The number of fused-ring (bicyclic) bond motifs is 3. The van der Waals surface area contributed by atoms with Crippen molar-refractivity contribution in [1.82, 2.24) is 0 Å². The van der Waals surface area contributed by atoms with Crippen LogP contribution < -0.4 is 4.90 Å². The fourth-order valence-electron chi connectivity index (χ4n) is 8.80. The minimum Gasteiger partial charge on any atom is -0.310 e. The molecule has 1 heteroatoms. The molecule has 276 valence electrons. The summed E-state index contributed by atoms with van der Waals surface area (Å²) in [5.41, 5.74) is 20.1. The molecular formula is C57H43N. The number of rotatable bonds is 10. The van der Waals surface area contributed by atoms with Crippen molar-refractivity contribution in [1.29, 1.82) is 0 Å². The van der Waals surface area contributed by atoms with Crippen LogP contribution in [-0.4, -0.2) is 0 Å². The SMILES string of the molecule is c1ccc(-c2ccc(CCC3c4ccccc4-c4ccc(N(c5ccc(-c6ccccc6)cc5)c5ccccc5-c5ccc(-c6ccccc6)cc5)cc43)cc2)cc1. The first-order valence-electron chi connectivity index (χ1n) is 20.3. The van der Waals surface area contributed by atoms with Gasteiger partial charge in [-0.3, -0.25) is 0 Å². The summed E-state index contributed by atoms with van der Waals surface area (Å²) in [6.45, 7) is 0. The molecule has 0 saturated carbocycles. The Morgan fingerprint density at radius 3 is 1.34 bits per heavy atom. The summed E-state index contributed by atoms with van der Waals surface area (Å²) < 4.78 is 0. The van der Waals surface area contributed by atoms with Gasteiger partial charge >= 0.3 is 0 Å². The van der Waals surface area contributed by atoms with Gasteiger partial charge in [0.15, 0.2) is 0 Å². The Balaban J connectivity index is 1.04. The van der Waals surface area contributed by atoms with E-state index in [1.807, 2.05) is 0 Å². The monoisotopic (exact) mass is 741 g/mol. The molecule has 9 aromatic carbocycles. The lowest BCUT2D eigenvalue weighted by molar-refractivity contribution is 0.729. The average molecular weight is 742 g/mol. The van der Waals surface area contributed by atoms with Crippen LogP contribution in [0.15, 0.2) is 231 Å². The molecule has 0 bridgehead atoms. The van der Waals surface area contributed by atoms with Crippen LogP contribution in [0.2, 0.25) is 0 Å². The zero-order valence-corrected chi connectivity index (χ0v) is 32.4. The van der Waals surface area contributed by atoms with Gasteiger partial charge in [-0.05, 0) is 110 Å². The van der Waals surface area contributed by atoms with Gasteiger partial charge in [-0.15, -0.1) is 0 Å². The van der Waals surface area contributed by atoms with Gasteiger partial charge in [-0.1, -0.05) is 200 Å². The van der Waals surface area contributed by atoms with Crippen LogP contribution in [0.4, 0.5) is 17.1 Å². The Labute approximate surface area is 342 Å². The molecule has 10 rings (SSSR count). The molecule has 0 spiro atoms. The van der Waals surface area contributed by atoms with E-state index in [4.69, 9.17) is 0 Å². The van der Waals surface area contributed by atoms with Gasteiger partial charge in [0, 0.05) is 22.9 Å². The van der Waals surface area contributed by atoms with Crippen LogP contribution in [0.3, 0.4) is 0 Å². The molecule has 1 aliphatic carbocycles. The van der Waals surface area contributed by atoms with Gasteiger partial charge in [0.25, 0.3) is 0 Å². The Morgan fingerprint density at radius 2 is 0.741 bits per heavy atom. The van der Waals surface area contributed by atoms with E-state index < -0.39 is 0 Å². The zero-order valence-electron chi connectivity index (χ0n) is 32.4. The lowest BCUT2D eigenvalue weighted by Crippen LogP contribution is -2.12. The molecular weight excluding hydrogens is 699 g/mol. The van der Waals surface area contributed by atoms with Crippen LogP contribution in [0.25, 0.3) is 55.6 Å². The van der Waals surface area contributed by atoms with Gasteiger partial charge in [-0.2, -0.15) is 0 Å². The summed E-state index contributed by atoms with van der Waals surface area (Å²) in [4.78, 5) is 2.46. The highest BCUT2D eigenvalue weighted by Gasteiger charge is 2.30. The number of para-hydroxylation sites is 1. The van der Waals surface area contributed by atoms with E-state index in [2.05, 4.69) is 235 Å². The summed E-state index contributed by atoms with van der Waals surface area (Å²) >= 11 is 0. The Bertz CT molecular complexity index is 2790. The number of anilines is 3. The van der Waals surface area contributed by atoms with Crippen molar-refractivity contribution in [2.45, 2.75) is 18.8 Å². The first kappa shape index (κ1) is 35.2. The molecule has 0 amide bonds. The molecule has 0 saturated heterocycles. The molecule has 0 fully saturated rings. The third kappa shape index (κ3) is 6.93. The third-order valence-electron chi connectivity index (χ3n) is 11.8. The second-order valence-electron chi connectivity index (χ2n) is 15.2. The van der Waals surface area contributed by atoms with E-state index in [0.29, 0.717) is 5.92 Å². The highest BCUT2D eigenvalue weighted by Crippen LogP contribution is 2.50. The van der Waals surface area contributed by atoms with Crippen molar-refractivity contribution < 1.29 is 0 Å². The second-order valence-corrected chi connectivity index (χ2v) is 15.2. The van der Waals surface area contributed by atoms with Gasteiger partial charge in [0.1, 0.15) is 0 Å². The van der Waals surface area contributed by atoms with Gasteiger partial charge in [0.2, 0.25) is 0 Å². The maximum atomic E-state index is 2.47. The summed E-state index contributed by atoms with van der Waals surface area (Å²) in [6.07, 6.45) is 2.04. The fraction of sp³-hybridized carbons (Fsp3) is 0.0526. The highest BCUT2D eigenvalue weighted by atomic mass is 15.1. The van der Waals surface area contributed by atoms with Crippen LogP contribution in [0, 0.1) is 0 Å². The lowest BCUT2D eigenvalue weighted by atomic mass is 9.89. The molecule has 0 radical (unpaired) electrons. The van der Waals surface area contributed by atoms with Crippen molar-refractivity contribution >= 4 is 17.1 Å². The molecule has 9 aromatic rings. The predicted molar refractivity (Wildman–Crippen MR) is 245 cm³/mol. The Hall–Kier alpha value is -7.22. The van der Waals surface area contributed by atoms with Crippen LogP contribution in [0.5, 0.6) is 0 Å². The van der Waals surface area contributed by atoms with Gasteiger partial charge in [-0.25, -0.2) is 0 Å². The van der Waals surface area contributed by atoms with Crippen LogP contribution in [0.1, 0.15) is 29.0 Å². The molecule has 0 aromatic heterocycles. The minimum absolute atomic E-state index is 0.294. The van der Waals surface area contributed by atoms with E-state index in [-0.39, 0.29) is 0 Å². The smallest absolute Gasteiger partial charge is 0.0540 e. The molecule has 0 aliphatic heterocycles. The number of benzene rings is 9. The molecule has 0 heterocycles. The first-order chi connectivity index (χ1) is 28.8. The average Bonchev–Trinajstić information content (AvgIpc) is 3.62. The quantitative estimate of drug-likeness (QED) is 0.135. The summed E-state index contributed by atoms with van der Waals surface area (Å²) in [7, 11) is 0. The topological polar surface area (TPSA) is 3.24 Å². The van der Waals surface area contributed by atoms with E-state index in [1.54, 1.807) is 0 Å². The number of aryl methyl sites for hydroxylation is 1. The van der Waals surface area contributed by atoms with Crippen molar-refractivity contribution in [3.8, 4) is 55.6 Å². The largest absolute Gasteiger partial charge is 0.310 e. The Kier molecular flexibility index (Phi) is 9.55. The number of hydrogen-bond donors (Lipinski definition) is 0. The fourth-order valence-corrected chi connectivity index (χ4v) is 8.80. The summed E-state index contributed by atoms with van der Waals surface area (Å²) in [5.74, 6) is 0.294. The van der Waals surface area contributed by atoms with Gasteiger partial charge in [0.05, 0.1) is 5.69 Å².